The standard InChI is InChI=1S/C15H19N5O3/c1-9-12(5-16-10(2)18-9)15(21)19-13-7-22-8-14(13)23-11-4-17-20(3)6-11/h4-6,13-14H,7-8H2,1-3H3,(H,19,21)/t13-,14+/m0/s1. The second kappa shape index (κ2) is 6.33. The van der Waals surface area contributed by atoms with Crippen LogP contribution < -0.4 is 10.1 Å². The van der Waals surface area contributed by atoms with E-state index in [-0.39, 0.29) is 18.1 Å². The van der Waals surface area contributed by atoms with Gasteiger partial charge in [-0.05, 0) is 13.8 Å². The molecular formula is C15H19N5O3. The Morgan fingerprint density at radius 3 is 2.91 bits per heavy atom. The Morgan fingerprint density at radius 2 is 2.22 bits per heavy atom. The molecule has 0 bridgehead atoms. The van der Waals surface area contributed by atoms with Gasteiger partial charge in [-0.3, -0.25) is 9.48 Å². The highest BCUT2D eigenvalue weighted by Crippen LogP contribution is 2.17. The molecule has 0 aromatic carbocycles. The van der Waals surface area contributed by atoms with Gasteiger partial charge < -0.3 is 14.8 Å². The maximum absolute atomic E-state index is 12.4. The molecule has 2 atom stereocenters. The Labute approximate surface area is 133 Å². The van der Waals surface area contributed by atoms with Crippen molar-refractivity contribution in [3.05, 3.63) is 35.7 Å². The summed E-state index contributed by atoms with van der Waals surface area (Å²) in [7, 11) is 1.82. The van der Waals surface area contributed by atoms with E-state index < -0.39 is 0 Å². The van der Waals surface area contributed by atoms with Crippen LogP contribution >= 0.6 is 0 Å². The summed E-state index contributed by atoms with van der Waals surface area (Å²) < 4.78 is 12.9. The number of ether oxygens (including phenoxy) is 2. The molecule has 1 fully saturated rings. The smallest absolute Gasteiger partial charge is 0.255 e. The molecule has 1 aliphatic rings. The number of nitrogens with zero attached hydrogens (tertiary/aromatic N) is 4. The van der Waals surface area contributed by atoms with Gasteiger partial charge >= 0.3 is 0 Å². The van der Waals surface area contributed by atoms with Gasteiger partial charge in [0.1, 0.15) is 11.9 Å². The van der Waals surface area contributed by atoms with Gasteiger partial charge in [-0.2, -0.15) is 5.10 Å². The number of hydrogen-bond acceptors (Lipinski definition) is 6. The second-order valence-electron chi connectivity index (χ2n) is 5.54. The zero-order chi connectivity index (χ0) is 16.4. The normalized spacial score (nSPS) is 20.5. The number of aromatic nitrogens is 4. The molecule has 2 aromatic heterocycles. The van der Waals surface area contributed by atoms with Crippen LogP contribution in [0.5, 0.6) is 5.75 Å². The minimum absolute atomic E-state index is 0.224. The molecule has 0 radical (unpaired) electrons. The minimum atomic E-state index is -0.255. The Hall–Kier alpha value is -2.48. The van der Waals surface area contributed by atoms with E-state index in [0.717, 1.165) is 0 Å². The van der Waals surface area contributed by atoms with Crippen LogP contribution in [-0.2, 0) is 11.8 Å². The molecule has 0 saturated carbocycles. The summed E-state index contributed by atoms with van der Waals surface area (Å²) >= 11 is 0. The summed E-state index contributed by atoms with van der Waals surface area (Å²) in [5.74, 6) is 1.07. The van der Waals surface area contributed by atoms with Crippen molar-refractivity contribution in [1.29, 1.82) is 0 Å². The fourth-order valence-electron chi connectivity index (χ4n) is 2.47. The van der Waals surface area contributed by atoms with E-state index in [4.69, 9.17) is 9.47 Å². The number of hydrogen-bond donors (Lipinski definition) is 1. The SMILES string of the molecule is Cc1ncc(C(=O)N[C@H]2COC[C@H]2Oc2cnn(C)c2)c(C)n1. The molecule has 8 nitrogen and oxygen atoms in total. The molecule has 2 aromatic rings. The molecular weight excluding hydrogens is 298 g/mol. The van der Waals surface area contributed by atoms with Crippen LogP contribution in [0, 0.1) is 13.8 Å². The van der Waals surface area contributed by atoms with E-state index in [1.807, 2.05) is 7.05 Å². The molecule has 0 spiro atoms. The number of rotatable bonds is 4. The molecule has 0 aliphatic carbocycles. The van der Waals surface area contributed by atoms with Crippen LogP contribution in [0.3, 0.4) is 0 Å². The lowest BCUT2D eigenvalue weighted by Crippen LogP contribution is -2.45. The van der Waals surface area contributed by atoms with Crippen molar-refractivity contribution in [2.24, 2.45) is 7.05 Å². The fraction of sp³-hybridized carbons (Fsp3) is 0.467. The first kappa shape index (κ1) is 15.4. The van der Waals surface area contributed by atoms with Gasteiger partial charge in [0.05, 0.1) is 42.9 Å². The van der Waals surface area contributed by atoms with E-state index in [9.17, 15) is 4.79 Å². The molecule has 1 N–H and O–H groups in total. The first-order valence-electron chi connectivity index (χ1n) is 7.37. The van der Waals surface area contributed by atoms with E-state index in [1.54, 1.807) is 37.1 Å². The number of carbonyl (C=O) groups is 1. The second-order valence-corrected chi connectivity index (χ2v) is 5.54. The van der Waals surface area contributed by atoms with E-state index >= 15 is 0 Å². The predicted octanol–water partition coefficient (Wildman–Crippen LogP) is 0.403. The van der Waals surface area contributed by atoms with Gasteiger partial charge in [-0.1, -0.05) is 0 Å². The predicted molar refractivity (Wildman–Crippen MR) is 81.2 cm³/mol. The van der Waals surface area contributed by atoms with Gasteiger partial charge in [0.25, 0.3) is 5.91 Å². The molecule has 1 saturated heterocycles. The largest absolute Gasteiger partial charge is 0.482 e. The lowest BCUT2D eigenvalue weighted by molar-refractivity contribution is 0.0902. The van der Waals surface area contributed by atoms with E-state index in [1.165, 1.54) is 0 Å². The number of nitrogens with one attached hydrogen (secondary N) is 1. The third-order valence-corrected chi connectivity index (χ3v) is 3.66. The van der Waals surface area contributed by atoms with Crippen LogP contribution in [0.4, 0.5) is 0 Å². The summed E-state index contributed by atoms with van der Waals surface area (Å²) in [6.07, 6.45) is 4.69. The number of amides is 1. The zero-order valence-electron chi connectivity index (χ0n) is 13.3. The summed E-state index contributed by atoms with van der Waals surface area (Å²) in [6.45, 7) is 4.40. The van der Waals surface area contributed by atoms with Crippen molar-refractivity contribution >= 4 is 5.91 Å². The highest BCUT2D eigenvalue weighted by molar-refractivity contribution is 5.95. The number of aryl methyl sites for hydroxylation is 3. The number of carbonyl (C=O) groups excluding carboxylic acids is 1. The van der Waals surface area contributed by atoms with Crippen molar-refractivity contribution < 1.29 is 14.3 Å². The first-order chi connectivity index (χ1) is 11.0. The first-order valence-corrected chi connectivity index (χ1v) is 7.37. The molecule has 3 rings (SSSR count). The maximum Gasteiger partial charge on any atom is 0.255 e. The highest BCUT2D eigenvalue weighted by atomic mass is 16.5. The monoisotopic (exact) mass is 317 g/mol. The van der Waals surface area contributed by atoms with Crippen molar-refractivity contribution in [2.45, 2.75) is 26.0 Å². The van der Waals surface area contributed by atoms with Gasteiger partial charge in [0.2, 0.25) is 0 Å². The van der Waals surface area contributed by atoms with Crippen molar-refractivity contribution in [1.82, 2.24) is 25.1 Å². The van der Waals surface area contributed by atoms with Gasteiger partial charge in [0.15, 0.2) is 5.75 Å². The Kier molecular flexibility index (Phi) is 4.24. The quantitative estimate of drug-likeness (QED) is 0.878. The molecule has 0 unspecified atom stereocenters. The maximum atomic E-state index is 12.4. The minimum Gasteiger partial charge on any atom is -0.482 e. The van der Waals surface area contributed by atoms with Crippen LogP contribution in [0.2, 0.25) is 0 Å². The molecule has 8 heteroatoms. The summed E-state index contributed by atoms with van der Waals surface area (Å²) in [5, 5.41) is 7.00. The van der Waals surface area contributed by atoms with Crippen LogP contribution in [0.15, 0.2) is 18.6 Å². The van der Waals surface area contributed by atoms with E-state index in [0.29, 0.717) is 36.0 Å². The fourth-order valence-corrected chi connectivity index (χ4v) is 2.47. The third kappa shape index (κ3) is 3.48. The Bertz CT molecular complexity index is 715. The average Bonchev–Trinajstić information content (AvgIpc) is 3.09. The van der Waals surface area contributed by atoms with Gasteiger partial charge in [0, 0.05) is 13.2 Å². The van der Waals surface area contributed by atoms with Crippen LogP contribution in [0.25, 0.3) is 0 Å². The lowest BCUT2D eigenvalue weighted by atomic mass is 10.1. The van der Waals surface area contributed by atoms with E-state index in [2.05, 4.69) is 20.4 Å². The zero-order valence-corrected chi connectivity index (χ0v) is 13.3. The topological polar surface area (TPSA) is 91.2 Å². The summed E-state index contributed by atoms with van der Waals surface area (Å²) in [6, 6.07) is -0.233. The lowest BCUT2D eigenvalue weighted by Gasteiger charge is -2.20. The molecule has 1 aliphatic heterocycles. The molecule has 122 valence electrons. The van der Waals surface area contributed by atoms with Crippen molar-refractivity contribution in [3.8, 4) is 5.75 Å². The highest BCUT2D eigenvalue weighted by Gasteiger charge is 2.32. The molecule has 23 heavy (non-hydrogen) atoms. The average molecular weight is 317 g/mol. The molecule has 1 amide bonds. The summed E-state index contributed by atoms with van der Waals surface area (Å²) in [5.41, 5.74) is 1.11. The Balaban J connectivity index is 1.67. The third-order valence-electron chi connectivity index (χ3n) is 3.66. The molecule has 3 heterocycles. The van der Waals surface area contributed by atoms with Gasteiger partial charge in [-0.25, -0.2) is 9.97 Å². The van der Waals surface area contributed by atoms with Gasteiger partial charge in [-0.15, -0.1) is 0 Å². The van der Waals surface area contributed by atoms with Crippen molar-refractivity contribution in [3.63, 3.8) is 0 Å². The Morgan fingerprint density at radius 1 is 1.39 bits per heavy atom. The van der Waals surface area contributed by atoms with Crippen LogP contribution in [0.1, 0.15) is 21.9 Å². The van der Waals surface area contributed by atoms with Crippen LogP contribution in [-0.4, -0.2) is 51.0 Å². The summed E-state index contributed by atoms with van der Waals surface area (Å²) in [4.78, 5) is 20.7. The van der Waals surface area contributed by atoms with Crippen molar-refractivity contribution in [2.75, 3.05) is 13.2 Å².